The van der Waals surface area contributed by atoms with Crippen LogP contribution in [0, 0.1) is 0 Å². The number of amides is 1. The minimum Gasteiger partial charge on any atom is -0.384 e. The Morgan fingerprint density at radius 2 is 2.00 bits per heavy atom. The highest BCUT2D eigenvalue weighted by Gasteiger charge is 2.21. The van der Waals surface area contributed by atoms with Crippen molar-refractivity contribution in [2.45, 2.75) is 19.9 Å². The summed E-state index contributed by atoms with van der Waals surface area (Å²) in [5.41, 5.74) is 6.70. The van der Waals surface area contributed by atoms with E-state index in [1.807, 2.05) is 39.2 Å². The van der Waals surface area contributed by atoms with E-state index in [0.717, 1.165) is 31.9 Å². The van der Waals surface area contributed by atoms with Gasteiger partial charge in [-0.15, -0.1) is 0 Å². The van der Waals surface area contributed by atoms with Gasteiger partial charge in [-0.05, 0) is 26.0 Å². The Balaban J connectivity index is 1.83. The number of pyridine rings is 1. The van der Waals surface area contributed by atoms with Crippen molar-refractivity contribution in [2.75, 3.05) is 50.4 Å². The fraction of sp³-hybridized carbons (Fsp3) is 0.600. The molecule has 6 heteroatoms. The molecule has 2 N–H and O–H groups in total. The second kappa shape index (κ2) is 6.76. The maximum absolute atomic E-state index is 12.1. The Kier molecular flexibility index (Phi) is 5.01. The standard InChI is InChI=1S/C15H25N5O/c1-12(2)18(3)15(21)11-19-6-8-20(9-7-19)13-4-5-14(16)17-10-13/h4-5,10,12H,6-9,11H2,1-3H3,(H2,16,17). The molecular weight excluding hydrogens is 266 g/mol. The maximum atomic E-state index is 12.1. The van der Waals surface area contributed by atoms with Gasteiger partial charge >= 0.3 is 0 Å². The van der Waals surface area contributed by atoms with Crippen LogP contribution in [0.1, 0.15) is 13.8 Å². The Morgan fingerprint density at radius 3 is 2.52 bits per heavy atom. The number of carbonyl (C=O) groups excluding carboxylic acids is 1. The molecule has 0 radical (unpaired) electrons. The number of piperazine rings is 1. The number of nitrogens with two attached hydrogens (primary N) is 1. The summed E-state index contributed by atoms with van der Waals surface area (Å²) in [6.45, 7) is 8.16. The van der Waals surface area contributed by atoms with Gasteiger partial charge in [0.05, 0.1) is 18.4 Å². The average molecular weight is 291 g/mol. The van der Waals surface area contributed by atoms with Crippen LogP contribution in [0.4, 0.5) is 11.5 Å². The molecule has 1 aromatic heterocycles. The van der Waals surface area contributed by atoms with Crippen molar-refractivity contribution in [1.29, 1.82) is 0 Å². The fourth-order valence-corrected chi connectivity index (χ4v) is 2.34. The molecule has 0 aromatic carbocycles. The molecule has 1 aromatic rings. The smallest absolute Gasteiger partial charge is 0.236 e. The van der Waals surface area contributed by atoms with Crippen molar-refractivity contribution in [1.82, 2.24) is 14.8 Å². The van der Waals surface area contributed by atoms with Crippen LogP contribution in [-0.4, -0.2) is 66.5 Å². The zero-order valence-corrected chi connectivity index (χ0v) is 13.1. The molecule has 0 atom stereocenters. The Morgan fingerprint density at radius 1 is 1.33 bits per heavy atom. The molecule has 0 aliphatic carbocycles. The van der Waals surface area contributed by atoms with Crippen molar-refractivity contribution in [2.24, 2.45) is 0 Å². The largest absolute Gasteiger partial charge is 0.384 e. The van der Waals surface area contributed by atoms with Crippen molar-refractivity contribution in [3.05, 3.63) is 18.3 Å². The summed E-state index contributed by atoms with van der Waals surface area (Å²) < 4.78 is 0. The average Bonchev–Trinajstić information content (AvgIpc) is 2.48. The predicted octanol–water partition coefficient (Wildman–Crippen LogP) is 0.653. The molecule has 1 saturated heterocycles. The Labute approximate surface area is 126 Å². The molecule has 2 rings (SSSR count). The van der Waals surface area contributed by atoms with E-state index in [0.29, 0.717) is 12.4 Å². The van der Waals surface area contributed by atoms with Crippen molar-refractivity contribution >= 4 is 17.4 Å². The lowest BCUT2D eigenvalue weighted by Gasteiger charge is -2.36. The van der Waals surface area contributed by atoms with Crippen LogP contribution >= 0.6 is 0 Å². The van der Waals surface area contributed by atoms with Gasteiger partial charge in [0.2, 0.25) is 5.91 Å². The van der Waals surface area contributed by atoms with Gasteiger partial charge in [0.15, 0.2) is 0 Å². The summed E-state index contributed by atoms with van der Waals surface area (Å²) in [5, 5.41) is 0. The summed E-state index contributed by atoms with van der Waals surface area (Å²) >= 11 is 0. The van der Waals surface area contributed by atoms with E-state index >= 15 is 0 Å². The molecule has 0 bridgehead atoms. The summed E-state index contributed by atoms with van der Waals surface area (Å²) in [7, 11) is 1.86. The fourth-order valence-electron chi connectivity index (χ4n) is 2.34. The van der Waals surface area contributed by atoms with Crippen LogP contribution in [0.5, 0.6) is 0 Å². The molecule has 21 heavy (non-hydrogen) atoms. The third-order valence-electron chi connectivity index (χ3n) is 4.04. The molecule has 0 spiro atoms. The first-order valence-corrected chi connectivity index (χ1v) is 7.42. The van der Waals surface area contributed by atoms with E-state index in [1.165, 1.54) is 0 Å². The van der Waals surface area contributed by atoms with Crippen LogP contribution < -0.4 is 10.6 Å². The predicted molar refractivity (Wildman–Crippen MR) is 85.2 cm³/mol. The number of carbonyl (C=O) groups is 1. The van der Waals surface area contributed by atoms with E-state index in [2.05, 4.69) is 14.8 Å². The summed E-state index contributed by atoms with van der Waals surface area (Å²) in [4.78, 5) is 22.5. The number of nitrogen functional groups attached to an aromatic ring is 1. The lowest BCUT2D eigenvalue weighted by Crippen LogP contribution is -2.50. The highest BCUT2D eigenvalue weighted by Crippen LogP contribution is 2.16. The second-order valence-corrected chi connectivity index (χ2v) is 5.80. The molecular formula is C15H25N5O. The Bertz CT molecular complexity index is 465. The van der Waals surface area contributed by atoms with Gasteiger partial charge in [-0.1, -0.05) is 0 Å². The van der Waals surface area contributed by atoms with Gasteiger partial charge < -0.3 is 15.5 Å². The molecule has 6 nitrogen and oxygen atoms in total. The number of nitrogens with zero attached hydrogens (tertiary/aromatic N) is 4. The van der Waals surface area contributed by atoms with Crippen molar-refractivity contribution in [3.8, 4) is 0 Å². The van der Waals surface area contributed by atoms with Gasteiger partial charge in [-0.25, -0.2) is 4.98 Å². The van der Waals surface area contributed by atoms with E-state index in [1.54, 1.807) is 4.90 Å². The Hall–Kier alpha value is -1.82. The van der Waals surface area contributed by atoms with Crippen molar-refractivity contribution < 1.29 is 4.79 Å². The second-order valence-electron chi connectivity index (χ2n) is 5.80. The van der Waals surface area contributed by atoms with Gasteiger partial charge in [0.1, 0.15) is 5.82 Å². The first-order chi connectivity index (χ1) is 9.97. The molecule has 2 heterocycles. The first kappa shape index (κ1) is 15.6. The van der Waals surface area contributed by atoms with E-state index in [-0.39, 0.29) is 11.9 Å². The third-order valence-corrected chi connectivity index (χ3v) is 4.04. The third kappa shape index (κ3) is 4.07. The highest BCUT2D eigenvalue weighted by molar-refractivity contribution is 5.78. The number of rotatable bonds is 4. The quantitative estimate of drug-likeness (QED) is 0.882. The van der Waals surface area contributed by atoms with E-state index < -0.39 is 0 Å². The SMILES string of the molecule is CC(C)N(C)C(=O)CN1CCN(c2ccc(N)nc2)CC1. The number of aromatic nitrogens is 1. The normalized spacial score (nSPS) is 16.3. The van der Waals surface area contributed by atoms with Gasteiger partial charge in [0, 0.05) is 39.3 Å². The molecule has 1 aliphatic heterocycles. The number of hydrogen-bond donors (Lipinski definition) is 1. The molecule has 1 amide bonds. The lowest BCUT2D eigenvalue weighted by atomic mass is 10.2. The van der Waals surface area contributed by atoms with Gasteiger partial charge in [-0.3, -0.25) is 9.69 Å². The van der Waals surface area contributed by atoms with Crippen LogP contribution in [0.2, 0.25) is 0 Å². The van der Waals surface area contributed by atoms with E-state index in [9.17, 15) is 4.79 Å². The van der Waals surface area contributed by atoms with Gasteiger partial charge in [0.25, 0.3) is 0 Å². The zero-order valence-electron chi connectivity index (χ0n) is 13.1. The minimum absolute atomic E-state index is 0.188. The summed E-state index contributed by atoms with van der Waals surface area (Å²) in [6, 6.07) is 4.07. The monoisotopic (exact) mass is 291 g/mol. The van der Waals surface area contributed by atoms with Gasteiger partial charge in [-0.2, -0.15) is 0 Å². The molecule has 0 saturated carbocycles. The molecule has 1 fully saturated rings. The van der Waals surface area contributed by atoms with Crippen molar-refractivity contribution in [3.63, 3.8) is 0 Å². The maximum Gasteiger partial charge on any atom is 0.236 e. The summed E-state index contributed by atoms with van der Waals surface area (Å²) in [6.07, 6.45) is 1.81. The lowest BCUT2D eigenvalue weighted by molar-refractivity contribution is -0.132. The number of likely N-dealkylation sites (N-methyl/N-ethyl adjacent to an activating group) is 1. The molecule has 1 aliphatic rings. The zero-order chi connectivity index (χ0) is 15.4. The van der Waals surface area contributed by atoms with E-state index in [4.69, 9.17) is 5.73 Å². The van der Waals surface area contributed by atoms with Crippen LogP contribution in [0.3, 0.4) is 0 Å². The number of anilines is 2. The minimum atomic E-state index is 0.188. The van der Waals surface area contributed by atoms with Crippen LogP contribution in [-0.2, 0) is 4.79 Å². The molecule has 116 valence electrons. The highest BCUT2D eigenvalue weighted by atomic mass is 16.2. The first-order valence-electron chi connectivity index (χ1n) is 7.42. The van der Waals surface area contributed by atoms with Crippen LogP contribution in [0.25, 0.3) is 0 Å². The summed E-state index contributed by atoms with van der Waals surface area (Å²) in [5.74, 6) is 0.729. The topological polar surface area (TPSA) is 65.7 Å². The molecule has 0 unspecified atom stereocenters. The number of hydrogen-bond acceptors (Lipinski definition) is 5. The van der Waals surface area contributed by atoms with Crippen LogP contribution in [0.15, 0.2) is 18.3 Å².